The molecule has 2 aromatic rings. The van der Waals surface area contributed by atoms with Gasteiger partial charge >= 0.3 is 0 Å². The molecule has 0 spiro atoms. The van der Waals surface area contributed by atoms with Crippen LogP contribution in [0.4, 0.5) is 17.1 Å². The Morgan fingerprint density at radius 3 is 2.32 bits per heavy atom. The summed E-state index contributed by atoms with van der Waals surface area (Å²) in [4.78, 5) is 33.0. The van der Waals surface area contributed by atoms with Crippen LogP contribution in [0.5, 0.6) is 5.75 Å². The minimum absolute atomic E-state index is 0.00153. The maximum absolute atomic E-state index is 13.5. The maximum Gasteiger partial charge on any atom is 0.253 e. The van der Waals surface area contributed by atoms with E-state index in [0.717, 1.165) is 95.4 Å². The minimum Gasteiger partial charge on any atom is -0.495 e. The Bertz CT molecular complexity index is 1110. The Morgan fingerprint density at radius 2 is 1.59 bits per heavy atom. The van der Waals surface area contributed by atoms with Crippen molar-refractivity contribution >= 4 is 28.9 Å². The van der Waals surface area contributed by atoms with Crippen molar-refractivity contribution in [3.63, 3.8) is 0 Å². The Morgan fingerprint density at radius 1 is 0.878 bits per heavy atom. The molecule has 0 radical (unpaired) electrons. The van der Waals surface area contributed by atoms with Gasteiger partial charge in [0.1, 0.15) is 5.75 Å². The predicted octanol–water partition coefficient (Wildman–Crippen LogP) is 4.38. The summed E-state index contributed by atoms with van der Waals surface area (Å²) < 4.78 is 11.0. The largest absolute Gasteiger partial charge is 0.495 e. The first-order valence-electron chi connectivity index (χ1n) is 15.2. The molecular formula is C32H47N5O4. The summed E-state index contributed by atoms with van der Waals surface area (Å²) in [5, 5.41) is 6.15. The van der Waals surface area contributed by atoms with Crippen LogP contribution in [-0.4, -0.2) is 89.4 Å². The van der Waals surface area contributed by atoms with Crippen molar-refractivity contribution in [3.8, 4) is 5.75 Å². The first-order valence-corrected chi connectivity index (χ1v) is 15.2. The van der Waals surface area contributed by atoms with Crippen molar-refractivity contribution < 1.29 is 19.1 Å². The molecule has 2 N–H and O–H groups in total. The average molecular weight is 566 g/mol. The molecule has 0 saturated carbocycles. The number of nitrogens with one attached hydrogen (secondary N) is 2. The van der Waals surface area contributed by atoms with Gasteiger partial charge in [-0.1, -0.05) is 44.7 Å². The number of methoxy groups -OCH3 is 1. The van der Waals surface area contributed by atoms with E-state index < -0.39 is 0 Å². The molecule has 224 valence electrons. The van der Waals surface area contributed by atoms with Crippen molar-refractivity contribution in [2.75, 3.05) is 87.8 Å². The van der Waals surface area contributed by atoms with Crippen molar-refractivity contribution in [2.24, 2.45) is 0 Å². The fourth-order valence-electron chi connectivity index (χ4n) is 5.51. The number of carbonyl (C=O) groups is 2. The van der Waals surface area contributed by atoms with Crippen LogP contribution in [0.3, 0.4) is 0 Å². The van der Waals surface area contributed by atoms with E-state index in [4.69, 9.17) is 9.47 Å². The van der Waals surface area contributed by atoms with E-state index in [1.807, 2.05) is 36.4 Å². The summed E-state index contributed by atoms with van der Waals surface area (Å²) in [5.74, 6) is 0.751. The fraction of sp³-hybridized carbons (Fsp3) is 0.562. The van der Waals surface area contributed by atoms with Gasteiger partial charge in [-0.05, 0) is 36.8 Å². The smallest absolute Gasteiger partial charge is 0.253 e. The summed E-state index contributed by atoms with van der Waals surface area (Å²) in [6, 6.07) is 13.8. The molecule has 0 aliphatic carbocycles. The Hall–Kier alpha value is -3.30. The topological polar surface area (TPSA) is 86.4 Å². The lowest BCUT2D eigenvalue weighted by Crippen LogP contribution is -2.47. The number of rotatable bonds is 14. The third kappa shape index (κ3) is 9.10. The van der Waals surface area contributed by atoms with Gasteiger partial charge in [0.15, 0.2) is 0 Å². The molecule has 2 aliphatic rings. The number of nitrogens with zero attached hydrogens (tertiary/aromatic N) is 3. The molecule has 9 heteroatoms. The molecule has 2 heterocycles. The van der Waals surface area contributed by atoms with E-state index >= 15 is 0 Å². The van der Waals surface area contributed by atoms with Crippen LogP contribution in [0.1, 0.15) is 55.8 Å². The van der Waals surface area contributed by atoms with Gasteiger partial charge in [0, 0.05) is 70.2 Å². The molecule has 0 bridgehead atoms. The second-order valence-corrected chi connectivity index (χ2v) is 10.8. The van der Waals surface area contributed by atoms with Crippen LogP contribution in [0.2, 0.25) is 0 Å². The van der Waals surface area contributed by atoms with Gasteiger partial charge < -0.3 is 29.9 Å². The van der Waals surface area contributed by atoms with Crippen LogP contribution in [0.15, 0.2) is 42.5 Å². The second-order valence-electron chi connectivity index (χ2n) is 10.8. The van der Waals surface area contributed by atoms with Crippen LogP contribution in [-0.2, 0) is 9.53 Å². The van der Waals surface area contributed by atoms with Gasteiger partial charge in [-0.15, -0.1) is 0 Å². The van der Waals surface area contributed by atoms with Gasteiger partial charge in [-0.25, -0.2) is 0 Å². The summed E-state index contributed by atoms with van der Waals surface area (Å²) in [6.07, 6.45) is 6.01. The standard InChI is InChI=1S/C32H47N5O4/c1-3-4-5-6-7-12-31(38)34-26-13-14-28(27(25-26)32(39)33-15-16-35-21-23-41-24-22-35)36-17-19-37(20-18-36)29-10-8-9-11-30(29)40-2/h8-11,13-14,25H,3-7,12,15-24H2,1-2H3,(H,33,39)(H,34,38). The molecule has 2 saturated heterocycles. The summed E-state index contributed by atoms with van der Waals surface area (Å²) >= 11 is 0. The number of morpholine rings is 1. The van der Waals surface area contributed by atoms with E-state index in [1.54, 1.807) is 7.11 Å². The van der Waals surface area contributed by atoms with Crippen molar-refractivity contribution in [2.45, 2.75) is 45.4 Å². The lowest BCUT2D eigenvalue weighted by molar-refractivity contribution is -0.116. The highest BCUT2D eigenvalue weighted by Crippen LogP contribution is 2.31. The van der Waals surface area contributed by atoms with Crippen LogP contribution in [0.25, 0.3) is 0 Å². The number of piperazine rings is 1. The number of benzene rings is 2. The Balaban J connectivity index is 1.42. The SMILES string of the molecule is CCCCCCCC(=O)Nc1ccc(N2CCN(c3ccccc3OC)CC2)c(C(=O)NCCN2CCOCC2)c1. The Kier molecular flexibility index (Phi) is 12.1. The summed E-state index contributed by atoms with van der Waals surface area (Å²) in [6.45, 7) is 9.96. The zero-order valence-electron chi connectivity index (χ0n) is 24.8. The fourth-order valence-corrected chi connectivity index (χ4v) is 5.51. The zero-order chi connectivity index (χ0) is 28.9. The molecular weight excluding hydrogens is 518 g/mol. The predicted molar refractivity (Wildman–Crippen MR) is 165 cm³/mol. The van der Waals surface area contributed by atoms with Crippen LogP contribution in [0, 0.1) is 0 Å². The minimum atomic E-state index is -0.115. The van der Waals surface area contributed by atoms with Crippen LogP contribution >= 0.6 is 0 Å². The number of anilines is 3. The summed E-state index contributed by atoms with van der Waals surface area (Å²) in [5.41, 5.74) is 3.24. The number of hydrogen-bond acceptors (Lipinski definition) is 7. The normalized spacial score (nSPS) is 16.0. The average Bonchev–Trinajstić information content (AvgIpc) is 3.01. The number of hydrogen-bond donors (Lipinski definition) is 2. The lowest BCUT2D eigenvalue weighted by atomic mass is 10.1. The molecule has 2 amide bonds. The third-order valence-corrected chi connectivity index (χ3v) is 7.90. The molecule has 2 fully saturated rings. The van der Waals surface area contributed by atoms with Crippen LogP contribution < -0.4 is 25.2 Å². The van der Waals surface area contributed by atoms with Crippen molar-refractivity contribution in [1.29, 1.82) is 0 Å². The molecule has 2 aliphatic heterocycles. The van der Waals surface area contributed by atoms with E-state index in [9.17, 15) is 9.59 Å². The second kappa shape index (κ2) is 16.2. The highest BCUT2D eigenvalue weighted by molar-refractivity contribution is 6.02. The van der Waals surface area contributed by atoms with Gasteiger partial charge in [0.2, 0.25) is 5.91 Å². The van der Waals surface area contributed by atoms with Gasteiger partial charge in [0.05, 0.1) is 31.6 Å². The molecule has 0 atom stereocenters. The van der Waals surface area contributed by atoms with Gasteiger partial charge in [-0.3, -0.25) is 14.5 Å². The number of para-hydroxylation sites is 2. The summed E-state index contributed by atoms with van der Waals surface area (Å²) in [7, 11) is 1.70. The monoisotopic (exact) mass is 565 g/mol. The molecule has 4 rings (SSSR count). The van der Waals surface area contributed by atoms with E-state index in [2.05, 4.69) is 38.3 Å². The maximum atomic E-state index is 13.5. The zero-order valence-corrected chi connectivity index (χ0v) is 24.8. The quantitative estimate of drug-likeness (QED) is 0.329. The number of unbranched alkanes of at least 4 members (excludes halogenated alkanes) is 4. The highest BCUT2D eigenvalue weighted by Gasteiger charge is 2.24. The molecule has 2 aromatic carbocycles. The van der Waals surface area contributed by atoms with Crippen molar-refractivity contribution in [1.82, 2.24) is 10.2 Å². The first-order chi connectivity index (χ1) is 20.1. The lowest BCUT2D eigenvalue weighted by Gasteiger charge is -2.38. The molecule has 9 nitrogen and oxygen atoms in total. The first kappa shape index (κ1) is 30.7. The third-order valence-electron chi connectivity index (χ3n) is 7.90. The molecule has 0 aromatic heterocycles. The molecule has 0 unspecified atom stereocenters. The van der Waals surface area contributed by atoms with E-state index in [-0.39, 0.29) is 11.8 Å². The molecule has 41 heavy (non-hydrogen) atoms. The number of amides is 2. The van der Waals surface area contributed by atoms with Crippen molar-refractivity contribution in [3.05, 3.63) is 48.0 Å². The van der Waals surface area contributed by atoms with E-state index in [0.29, 0.717) is 24.2 Å². The number of ether oxygens (including phenoxy) is 2. The number of carbonyl (C=O) groups excluding carboxylic acids is 2. The van der Waals surface area contributed by atoms with E-state index in [1.165, 1.54) is 12.8 Å². The Labute approximate surface area is 245 Å². The van der Waals surface area contributed by atoms with Gasteiger partial charge in [-0.2, -0.15) is 0 Å². The van der Waals surface area contributed by atoms with Gasteiger partial charge in [0.25, 0.3) is 5.91 Å². The highest BCUT2D eigenvalue weighted by atomic mass is 16.5.